The zero-order valence-electron chi connectivity index (χ0n) is 4.64. The zero-order valence-corrected chi connectivity index (χ0v) is 4.64. The molecule has 1 aromatic rings. The molecule has 0 unspecified atom stereocenters. The van der Waals surface area contributed by atoms with Gasteiger partial charge < -0.3 is 10.2 Å². The number of aryl methyl sites for hydroxylation is 1. The van der Waals surface area contributed by atoms with Crippen molar-refractivity contribution in [1.82, 2.24) is 0 Å². The number of nitrogens with two attached hydrogens (primary N) is 1. The van der Waals surface area contributed by atoms with Gasteiger partial charge in [-0.2, -0.15) is 0 Å². The zero-order chi connectivity index (χ0) is 6.15. The van der Waals surface area contributed by atoms with E-state index in [1.807, 2.05) is 0 Å². The van der Waals surface area contributed by atoms with E-state index in [2.05, 4.69) is 0 Å². The lowest BCUT2D eigenvalue weighted by Crippen LogP contribution is -2.03. The molecule has 2 N–H and O–H groups in total. The van der Waals surface area contributed by atoms with Crippen LogP contribution in [0.1, 0.15) is 5.76 Å². The lowest BCUT2D eigenvalue weighted by atomic mass is 10.1. The highest BCUT2D eigenvalue weighted by molar-refractivity contribution is 6.33. The predicted octanol–water partition coefficient (Wildman–Crippen LogP) is -0.0360. The lowest BCUT2D eigenvalue weighted by molar-refractivity contribution is 0.566. The summed E-state index contributed by atoms with van der Waals surface area (Å²) in [7, 11) is 5.25. The molecule has 0 fully saturated rings. The van der Waals surface area contributed by atoms with Gasteiger partial charge in [0.25, 0.3) is 0 Å². The van der Waals surface area contributed by atoms with E-state index in [1.165, 1.54) is 0 Å². The third-order valence-electron chi connectivity index (χ3n) is 0.914. The Morgan fingerprint density at radius 3 is 2.50 bits per heavy atom. The summed E-state index contributed by atoms with van der Waals surface area (Å²) in [5.74, 6) is 0.750. The molecule has 0 aliphatic carbocycles. The molecular formula is C5H6BNO. The first-order chi connectivity index (χ1) is 3.70. The first-order valence-corrected chi connectivity index (χ1v) is 2.31. The molecule has 2 nitrogen and oxygen atoms in total. The Labute approximate surface area is 49.1 Å². The molecule has 2 radical (unpaired) electrons. The van der Waals surface area contributed by atoms with Gasteiger partial charge in [0.15, 0.2) is 7.85 Å². The van der Waals surface area contributed by atoms with E-state index in [0.29, 0.717) is 11.3 Å². The van der Waals surface area contributed by atoms with Gasteiger partial charge in [0.2, 0.25) is 0 Å². The van der Waals surface area contributed by atoms with Crippen molar-refractivity contribution in [3.63, 3.8) is 0 Å². The van der Waals surface area contributed by atoms with Crippen molar-refractivity contribution in [3.8, 4) is 0 Å². The third-order valence-corrected chi connectivity index (χ3v) is 0.914. The van der Waals surface area contributed by atoms with E-state index in [0.717, 1.165) is 5.76 Å². The Morgan fingerprint density at radius 2 is 2.38 bits per heavy atom. The Bertz CT molecular complexity index is 175. The fourth-order valence-corrected chi connectivity index (χ4v) is 0.552. The molecule has 8 heavy (non-hydrogen) atoms. The smallest absolute Gasteiger partial charge is 0.170 e. The summed E-state index contributed by atoms with van der Waals surface area (Å²) in [5.41, 5.74) is 6.15. The maximum atomic E-state index is 5.32. The van der Waals surface area contributed by atoms with E-state index in [9.17, 15) is 0 Å². The van der Waals surface area contributed by atoms with Gasteiger partial charge in [-0.05, 0) is 6.92 Å². The SMILES string of the molecule is [B]c1oc(C)cc1N. The van der Waals surface area contributed by atoms with Crippen LogP contribution in [-0.2, 0) is 0 Å². The maximum Gasteiger partial charge on any atom is 0.170 e. The lowest BCUT2D eigenvalue weighted by Gasteiger charge is -1.81. The molecule has 0 amide bonds. The standard InChI is InChI=1S/C5H6BNO/c1-3-2-4(7)5(6)8-3/h2H,7H2,1H3. The average molecular weight is 107 g/mol. The van der Waals surface area contributed by atoms with Crippen LogP contribution < -0.4 is 11.4 Å². The first-order valence-electron chi connectivity index (χ1n) is 2.31. The van der Waals surface area contributed by atoms with E-state index >= 15 is 0 Å². The summed E-state index contributed by atoms with van der Waals surface area (Å²) in [4.78, 5) is 0. The topological polar surface area (TPSA) is 39.2 Å². The second-order valence-electron chi connectivity index (χ2n) is 1.68. The molecule has 1 aromatic heterocycles. The van der Waals surface area contributed by atoms with Crippen LogP contribution in [0.25, 0.3) is 0 Å². The summed E-state index contributed by atoms with van der Waals surface area (Å²) >= 11 is 0. The predicted molar refractivity (Wildman–Crippen MR) is 33.2 cm³/mol. The normalized spacial score (nSPS) is 9.62. The summed E-state index contributed by atoms with van der Waals surface area (Å²) in [6, 6.07) is 1.69. The van der Waals surface area contributed by atoms with Crippen molar-refractivity contribution in [2.75, 3.05) is 5.73 Å². The van der Waals surface area contributed by atoms with Crippen LogP contribution in [0.3, 0.4) is 0 Å². The number of rotatable bonds is 0. The molecule has 0 aliphatic rings. The summed E-state index contributed by atoms with van der Waals surface area (Å²) in [6.45, 7) is 1.80. The van der Waals surface area contributed by atoms with Crippen molar-refractivity contribution >= 4 is 19.2 Å². The number of hydrogen-bond acceptors (Lipinski definition) is 2. The van der Waals surface area contributed by atoms with Crippen molar-refractivity contribution in [3.05, 3.63) is 11.8 Å². The van der Waals surface area contributed by atoms with Crippen LogP contribution in [0.5, 0.6) is 0 Å². The molecular weight excluding hydrogens is 101 g/mol. The van der Waals surface area contributed by atoms with E-state index in [4.69, 9.17) is 18.0 Å². The van der Waals surface area contributed by atoms with Crippen molar-refractivity contribution in [1.29, 1.82) is 0 Å². The summed E-state index contributed by atoms with van der Waals surface area (Å²) < 4.78 is 4.87. The molecule has 1 heterocycles. The highest BCUT2D eigenvalue weighted by Crippen LogP contribution is 2.02. The Kier molecular flexibility index (Phi) is 1.04. The highest BCUT2D eigenvalue weighted by Gasteiger charge is 1.95. The van der Waals surface area contributed by atoms with Crippen LogP contribution in [-0.4, -0.2) is 7.85 Å². The Hall–Kier alpha value is -0.855. The third kappa shape index (κ3) is 0.712. The van der Waals surface area contributed by atoms with Gasteiger partial charge in [0.1, 0.15) is 5.76 Å². The molecule has 0 bridgehead atoms. The molecule has 40 valence electrons. The van der Waals surface area contributed by atoms with Crippen molar-refractivity contribution in [2.24, 2.45) is 0 Å². The van der Waals surface area contributed by atoms with Crippen LogP contribution >= 0.6 is 0 Å². The second kappa shape index (κ2) is 1.58. The molecule has 0 atom stereocenters. The minimum atomic E-state index is 0.308. The second-order valence-corrected chi connectivity index (χ2v) is 1.68. The van der Waals surface area contributed by atoms with Crippen molar-refractivity contribution in [2.45, 2.75) is 6.92 Å². The highest BCUT2D eigenvalue weighted by atomic mass is 16.3. The fraction of sp³-hybridized carbons (Fsp3) is 0.200. The molecule has 0 saturated heterocycles. The monoisotopic (exact) mass is 107 g/mol. The van der Waals surface area contributed by atoms with Gasteiger partial charge in [0.05, 0.1) is 11.3 Å². The van der Waals surface area contributed by atoms with Gasteiger partial charge in [-0.15, -0.1) is 0 Å². The molecule has 0 saturated carbocycles. The number of hydrogen-bond donors (Lipinski definition) is 1. The first kappa shape index (κ1) is 5.28. The summed E-state index contributed by atoms with van der Waals surface area (Å²) in [6.07, 6.45) is 0. The molecule has 0 aliphatic heterocycles. The van der Waals surface area contributed by atoms with Crippen LogP contribution in [0.4, 0.5) is 5.69 Å². The summed E-state index contributed by atoms with van der Waals surface area (Å²) in [5, 5.41) is 0. The molecule has 1 rings (SSSR count). The van der Waals surface area contributed by atoms with E-state index in [-0.39, 0.29) is 0 Å². The minimum absolute atomic E-state index is 0.308. The maximum absolute atomic E-state index is 5.32. The average Bonchev–Trinajstić information content (AvgIpc) is 1.85. The quantitative estimate of drug-likeness (QED) is 0.472. The largest absolute Gasteiger partial charge is 0.476 e. The fourth-order valence-electron chi connectivity index (χ4n) is 0.552. The molecule has 3 heteroatoms. The molecule has 0 spiro atoms. The van der Waals surface area contributed by atoms with Crippen LogP contribution in [0.2, 0.25) is 0 Å². The van der Waals surface area contributed by atoms with Gasteiger partial charge in [-0.3, -0.25) is 0 Å². The minimum Gasteiger partial charge on any atom is -0.476 e. The van der Waals surface area contributed by atoms with Crippen LogP contribution in [0, 0.1) is 6.92 Å². The van der Waals surface area contributed by atoms with Gasteiger partial charge in [0, 0.05) is 6.07 Å². The van der Waals surface area contributed by atoms with E-state index < -0.39 is 0 Å². The van der Waals surface area contributed by atoms with Gasteiger partial charge in [-0.25, -0.2) is 0 Å². The number of anilines is 1. The number of furan rings is 1. The van der Waals surface area contributed by atoms with Crippen LogP contribution in [0.15, 0.2) is 10.5 Å². The van der Waals surface area contributed by atoms with Gasteiger partial charge in [-0.1, -0.05) is 0 Å². The number of nitrogen functional groups attached to an aromatic ring is 1. The molecule has 0 aromatic carbocycles. The Morgan fingerprint density at radius 1 is 1.75 bits per heavy atom. The van der Waals surface area contributed by atoms with E-state index in [1.54, 1.807) is 13.0 Å². The van der Waals surface area contributed by atoms with Crippen molar-refractivity contribution < 1.29 is 4.42 Å². The Balaban J connectivity index is 3.14. The van der Waals surface area contributed by atoms with Gasteiger partial charge >= 0.3 is 0 Å².